The van der Waals surface area contributed by atoms with Crippen LogP contribution in [-0.2, 0) is 0 Å². The highest BCUT2D eigenvalue weighted by atomic mass is 19.4. The Balaban J connectivity index is 2.96. The number of hydrogen-bond donors (Lipinski definition) is 1. The minimum absolute atomic E-state index is 0.118. The summed E-state index contributed by atoms with van der Waals surface area (Å²) < 4.78 is 36.0. The molecule has 0 saturated carbocycles. The lowest BCUT2D eigenvalue weighted by Crippen LogP contribution is -2.20. The summed E-state index contributed by atoms with van der Waals surface area (Å²) in [5.41, 5.74) is 0.577. The third-order valence-corrected chi connectivity index (χ3v) is 1.67. The summed E-state index contributed by atoms with van der Waals surface area (Å²) in [6.45, 7) is 1.67. The van der Waals surface area contributed by atoms with E-state index >= 15 is 0 Å². The molecular formula is C9H9F3O. The highest BCUT2D eigenvalue weighted by molar-refractivity contribution is 5.24. The van der Waals surface area contributed by atoms with Gasteiger partial charge in [-0.15, -0.1) is 0 Å². The van der Waals surface area contributed by atoms with Crippen LogP contribution in [0.4, 0.5) is 13.2 Å². The maximum absolute atomic E-state index is 12.0. The summed E-state index contributed by atoms with van der Waals surface area (Å²) in [4.78, 5) is 0. The molecule has 4 heteroatoms. The van der Waals surface area contributed by atoms with Crippen molar-refractivity contribution < 1.29 is 18.3 Å². The Morgan fingerprint density at radius 3 is 2.38 bits per heavy atom. The number of benzene rings is 1. The number of aliphatic hydroxyl groups is 1. The molecule has 1 rings (SSSR count). The summed E-state index contributed by atoms with van der Waals surface area (Å²) in [5.74, 6) is 0. The third-order valence-electron chi connectivity index (χ3n) is 1.67. The average molecular weight is 190 g/mol. The van der Waals surface area contributed by atoms with E-state index in [4.69, 9.17) is 5.11 Å². The largest absolute Gasteiger partial charge is 0.418 e. The molecule has 0 radical (unpaired) electrons. The van der Waals surface area contributed by atoms with Crippen molar-refractivity contribution in [3.8, 4) is 0 Å². The molecule has 1 N–H and O–H groups in total. The van der Waals surface area contributed by atoms with E-state index in [1.807, 2.05) is 0 Å². The Hall–Kier alpha value is -1.03. The SMILES string of the molecule is Cc1cccc(C(O)C(F)(F)F)c1. The molecule has 1 aromatic rings. The average Bonchev–Trinajstić information content (AvgIpc) is 2.01. The Morgan fingerprint density at radius 1 is 1.31 bits per heavy atom. The van der Waals surface area contributed by atoms with Gasteiger partial charge in [-0.1, -0.05) is 29.8 Å². The molecule has 1 aromatic carbocycles. The second kappa shape index (κ2) is 3.38. The summed E-state index contributed by atoms with van der Waals surface area (Å²) in [5, 5.41) is 8.86. The van der Waals surface area contributed by atoms with Crippen molar-refractivity contribution in [2.75, 3.05) is 0 Å². The molecule has 0 amide bonds. The predicted octanol–water partition coefficient (Wildman–Crippen LogP) is 2.59. The maximum atomic E-state index is 12.0. The van der Waals surface area contributed by atoms with Crippen LogP contribution >= 0.6 is 0 Å². The van der Waals surface area contributed by atoms with E-state index in [1.54, 1.807) is 13.0 Å². The predicted molar refractivity (Wildman–Crippen MR) is 42.2 cm³/mol. The van der Waals surface area contributed by atoms with Crippen molar-refractivity contribution in [3.05, 3.63) is 35.4 Å². The number of halogens is 3. The monoisotopic (exact) mass is 190 g/mol. The quantitative estimate of drug-likeness (QED) is 0.721. The maximum Gasteiger partial charge on any atom is 0.418 e. The highest BCUT2D eigenvalue weighted by Crippen LogP contribution is 2.32. The van der Waals surface area contributed by atoms with E-state index < -0.39 is 12.3 Å². The number of aliphatic hydroxyl groups excluding tert-OH is 1. The number of rotatable bonds is 1. The molecule has 1 atom stereocenters. The number of hydrogen-bond acceptors (Lipinski definition) is 1. The van der Waals surface area contributed by atoms with Crippen molar-refractivity contribution in [2.45, 2.75) is 19.2 Å². The zero-order valence-electron chi connectivity index (χ0n) is 6.97. The molecule has 0 aliphatic carbocycles. The van der Waals surface area contributed by atoms with Gasteiger partial charge in [-0.25, -0.2) is 0 Å². The first kappa shape index (κ1) is 10.1. The van der Waals surface area contributed by atoms with Crippen LogP contribution in [0.15, 0.2) is 24.3 Å². The summed E-state index contributed by atoms with van der Waals surface area (Å²) in [6, 6.07) is 5.73. The van der Waals surface area contributed by atoms with E-state index in [1.165, 1.54) is 18.2 Å². The molecule has 0 heterocycles. The molecule has 0 spiro atoms. The van der Waals surface area contributed by atoms with Crippen LogP contribution in [0.1, 0.15) is 17.2 Å². The van der Waals surface area contributed by atoms with Crippen LogP contribution < -0.4 is 0 Å². The van der Waals surface area contributed by atoms with Gasteiger partial charge in [-0.2, -0.15) is 13.2 Å². The molecule has 0 aromatic heterocycles. The van der Waals surface area contributed by atoms with Gasteiger partial charge in [-0.05, 0) is 12.5 Å². The van der Waals surface area contributed by atoms with Crippen molar-refractivity contribution >= 4 is 0 Å². The van der Waals surface area contributed by atoms with E-state index in [0.29, 0.717) is 5.56 Å². The lowest BCUT2D eigenvalue weighted by Gasteiger charge is -2.14. The molecule has 0 saturated heterocycles. The van der Waals surface area contributed by atoms with Crippen molar-refractivity contribution in [3.63, 3.8) is 0 Å². The second-order valence-corrected chi connectivity index (χ2v) is 2.86. The molecule has 0 aliphatic rings. The lowest BCUT2D eigenvalue weighted by atomic mass is 10.1. The van der Waals surface area contributed by atoms with E-state index in [-0.39, 0.29) is 5.56 Å². The number of alkyl halides is 3. The number of aryl methyl sites for hydroxylation is 1. The van der Waals surface area contributed by atoms with Gasteiger partial charge >= 0.3 is 6.18 Å². The van der Waals surface area contributed by atoms with Crippen LogP contribution in [0.2, 0.25) is 0 Å². The third kappa shape index (κ3) is 2.45. The van der Waals surface area contributed by atoms with Gasteiger partial charge in [0.1, 0.15) is 0 Å². The molecule has 0 fully saturated rings. The van der Waals surface area contributed by atoms with Gasteiger partial charge in [0.2, 0.25) is 0 Å². The summed E-state index contributed by atoms with van der Waals surface area (Å²) >= 11 is 0. The fourth-order valence-corrected chi connectivity index (χ4v) is 1.03. The zero-order valence-corrected chi connectivity index (χ0v) is 6.97. The second-order valence-electron chi connectivity index (χ2n) is 2.86. The molecule has 0 bridgehead atoms. The Bertz CT molecular complexity index is 293. The zero-order chi connectivity index (χ0) is 10.1. The van der Waals surface area contributed by atoms with Crippen LogP contribution in [0.25, 0.3) is 0 Å². The fraction of sp³-hybridized carbons (Fsp3) is 0.333. The van der Waals surface area contributed by atoms with E-state index in [9.17, 15) is 13.2 Å². The fourth-order valence-electron chi connectivity index (χ4n) is 1.03. The first-order chi connectivity index (χ1) is 5.91. The Labute approximate surface area is 73.8 Å². The van der Waals surface area contributed by atoms with Gasteiger partial charge in [0.15, 0.2) is 6.10 Å². The Morgan fingerprint density at radius 2 is 1.92 bits per heavy atom. The van der Waals surface area contributed by atoms with Crippen LogP contribution in [-0.4, -0.2) is 11.3 Å². The van der Waals surface area contributed by atoms with Gasteiger partial charge in [0.25, 0.3) is 0 Å². The van der Waals surface area contributed by atoms with E-state index in [2.05, 4.69) is 0 Å². The van der Waals surface area contributed by atoms with E-state index in [0.717, 1.165) is 0 Å². The van der Waals surface area contributed by atoms with Gasteiger partial charge in [0, 0.05) is 0 Å². The topological polar surface area (TPSA) is 20.2 Å². The van der Waals surface area contributed by atoms with Crippen LogP contribution in [0, 0.1) is 6.92 Å². The minimum Gasteiger partial charge on any atom is -0.379 e. The lowest BCUT2D eigenvalue weighted by molar-refractivity contribution is -0.206. The Kier molecular flexibility index (Phi) is 2.61. The minimum atomic E-state index is -4.59. The normalized spacial score (nSPS) is 14.2. The van der Waals surface area contributed by atoms with Crippen molar-refractivity contribution in [1.29, 1.82) is 0 Å². The van der Waals surface area contributed by atoms with Crippen LogP contribution in [0.3, 0.4) is 0 Å². The smallest absolute Gasteiger partial charge is 0.379 e. The van der Waals surface area contributed by atoms with Gasteiger partial charge < -0.3 is 5.11 Å². The van der Waals surface area contributed by atoms with Gasteiger partial charge in [-0.3, -0.25) is 0 Å². The summed E-state index contributed by atoms with van der Waals surface area (Å²) in [6.07, 6.45) is -6.97. The first-order valence-electron chi connectivity index (χ1n) is 3.72. The highest BCUT2D eigenvalue weighted by Gasteiger charge is 2.39. The van der Waals surface area contributed by atoms with Crippen molar-refractivity contribution in [1.82, 2.24) is 0 Å². The van der Waals surface area contributed by atoms with Crippen molar-refractivity contribution in [2.24, 2.45) is 0 Å². The molecule has 0 aliphatic heterocycles. The summed E-state index contributed by atoms with van der Waals surface area (Å²) in [7, 11) is 0. The molecule has 1 unspecified atom stereocenters. The molecule has 13 heavy (non-hydrogen) atoms. The molecular weight excluding hydrogens is 181 g/mol. The molecule has 72 valence electrons. The van der Waals surface area contributed by atoms with Crippen LogP contribution in [0.5, 0.6) is 0 Å². The van der Waals surface area contributed by atoms with Gasteiger partial charge in [0.05, 0.1) is 0 Å². The first-order valence-corrected chi connectivity index (χ1v) is 3.72. The standard InChI is InChI=1S/C9H9F3O/c1-6-3-2-4-7(5-6)8(13)9(10,11)12/h2-5,8,13H,1H3. The molecule has 1 nitrogen and oxygen atoms in total.